The number of para-hydroxylation sites is 1. The summed E-state index contributed by atoms with van der Waals surface area (Å²) in [7, 11) is 0. The van der Waals surface area contributed by atoms with Gasteiger partial charge in [0.25, 0.3) is 0 Å². The maximum absolute atomic E-state index is 11.5. The van der Waals surface area contributed by atoms with Crippen LogP contribution in [0.1, 0.15) is 35.1 Å². The number of aliphatic carboxylic acids is 1. The summed E-state index contributed by atoms with van der Waals surface area (Å²) in [5.41, 5.74) is 8.61. The van der Waals surface area contributed by atoms with E-state index in [4.69, 9.17) is 9.97 Å². The van der Waals surface area contributed by atoms with Crippen LogP contribution in [0.5, 0.6) is 0 Å². The lowest BCUT2D eigenvalue weighted by Crippen LogP contribution is -2.06. The third-order valence-electron chi connectivity index (χ3n) is 6.20. The average molecular weight is 451 g/mol. The molecule has 6 heteroatoms. The maximum Gasteiger partial charge on any atom is 0.307 e. The van der Waals surface area contributed by atoms with Crippen LogP contribution in [0.2, 0.25) is 0 Å². The first kappa shape index (κ1) is 21.8. The minimum absolute atomic E-state index is 0.0693. The minimum Gasteiger partial charge on any atom is -0.481 e. The van der Waals surface area contributed by atoms with E-state index in [0.717, 1.165) is 62.3 Å². The van der Waals surface area contributed by atoms with Crippen molar-refractivity contribution in [3.05, 3.63) is 89.0 Å². The molecule has 0 fully saturated rings. The molecule has 5 aromatic rings. The van der Waals surface area contributed by atoms with E-state index in [1.54, 1.807) is 6.20 Å². The number of benzene rings is 2. The van der Waals surface area contributed by atoms with Crippen molar-refractivity contribution in [1.82, 2.24) is 19.5 Å². The second-order valence-corrected chi connectivity index (χ2v) is 8.66. The number of hydrogen-bond donors (Lipinski definition) is 1. The summed E-state index contributed by atoms with van der Waals surface area (Å²) in [6.45, 7) is 6.88. The lowest BCUT2D eigenvalue weighted by atomic mass is 9.94. The van der Waals surface area contributed by atoms with Crippen LogP contribution in [0, 0.1) is 13.8 Å². The van der Waals surface area contributed by atoms with Gasteiger partial charge in [0.2, 0.25) is 0 Å². The molecule has 3 heterocycles. The molecule has 0 aliphatic rings. The minimum atomic E-state index is -0.868. The van der Waals surface area contributed by atoms with Gasteiger partial charge in [-0.3, -0.25) is 9.78 Å². The van der Waals surface area contributed by atoms with E-state index in [-0.39, 0.29) is 6.42 Å². The Morgan fingerprint density at radius 1 is 1.03 bits per heavy atom. The maximum atomic E-state index is 11.5. The fraction of sp³-hybridized carbons (Fsp3) is 0.214. The highest BCUT2D eigenvalue weighted by atomic mass is 16.4. The van der Waals surface area contributed by atoms with Crippen LogP contribution in [-0.2, 0) is 24.2 Å². The molecule has 3 aromatic heterocycles. The highest BCUT2D eigenvalue weighted by Crippen LogP contribution is 2.32. The Bertz CT molecular complexity index is 1530. The van der Waals surface area contributed by atoms with Crippen LogP contribution < -0.4 is 0 Å². The molecule has 2 aromatic carbocycles. The molecule has 0 amide bonds. The largest absolute Gasteiger partial charge is 0.481 e. The molecule has 170 valence electrons. The second kappa shape index (κ2) is 8.71. The Hall–Kier alpha value is -4.06. The molecule has 6 nitrogen and oxygen atoms in total. The molecular formula is C28H26N4O2. The molecule has 0 saturated heterocycles. The molecule has 34 heavy (non-hydrogen) atoms. The Labute approximate surface area is 197 Å². The van der Waals surface area contributed by atoms with E-state index in [1.807, 2.05) is 31.2 Å². The van der Waals surface area contributed by atoms with Crippen LogP contribution in [0.25, 0.3) is 33.2 Å². The number of pyridine rings is 2. The van der Waals surface area contributed by atoms with E-state index in [2.05, 4.69) is 53.7 Å². The molecule has 0 saturated carbocycles. The van der Waals surface area contributed by atoms with Crippen molar-refractivity contribution in [1.29, 1.82) is 0 Å². The molecule has 0 radical (unpaired) electrons. The van der Waals surface area contributed by atoms with Crippen LogP contribution in [0.15, 0.2) is 60.8 Å². The first-order valence-electron chi connectivity index (χ1n) is 11.5. The molecule has 0 aliphatic heterocycles. The van der Waals surface area contributed by atoms with Gasteiger partial charge in [0, 0.05) is 23.7 Å². The zero-order valence-corrected chi connectivity index (χ0v) is 19.5. The van der Waals surface area contributed by atoms with E-state index in [0.29, 0.717) is 12.1 Å². The van der Waals surface area contributed by atoms with Crippen LogP contribution in [0.4, 0.5) is 0 Å². The highest BCUT2D eigenvalue weighted by molar-refractivity contribution is 5.97. The molecule has 0 atom stereocenters. The number of hydrogen-bond acceptors (Lipinski definition) is 4. The van der Waals surface area contributed by atoms with Crippen LogP contribution in [0.3, 0.4) is 0 Å². The summed E-state index contributed by atoms with van der Waals surface area (Å²) in [4.78, 5) is 25.6. The molecule has 0 spiro atoms. The second-order valence-electron chi connectivity index (χ2n) is 8.66. The predicted octanol–water partition coefficient (Wildman–Crippen LogP) is 5.50. The summed E-state index contributed by atoms with van der Waals surface area (Å²) < 4.78 is 2.20. The molecule has 0 aliphatic carbocycles. The monoisotopic (exact) mass is 450 g/mol. The number of rotatable bonds is 6. The van der Waals surface area contributed by atoms with Gasteiger partial charge in [0.1, 0.15) is 11.3 Å². The number of fused-ring (bicyclic) bond motifs is 2. The predicted molar refractivity (Wildman–Crippen MR) is 134 cm³/mol. The number of aryl methyl sites for hydroxylation is 3. The van der Waals surface area contributed by atoms with Crippen molar-refractivity contribution in [3.8, 4) is 11.1 Å². The third-order valence-corrected chi connectivity index (χ3v) is 6.20. The Morgan fingerprint density at radius 2 is 1.79 bits per heavy atom. The molecule has 1 N–H and O–H groups in total. The number of imidazole rings is 1. The highest BCUT2D eigenvalue weighted by Gasteiger charge is 2.16. The average Bonchev–Trinajstić information content (AvgIpc) is 3.17. The number of carboxylic acid groups (broad SMARTS) is 1. The van der Waals surface area contributed by atoms with Gasteiger partial charge < -0.3 is 9.67 Å². The van der Waals surface area contributed by atoms with Crippen molar-refractivity contribution >= 4 is 28.0 Å². The third kappa shape index (κ3) is 3.92. The zero-order chi connectivity index (χ0) is 23.8. The Balaban J connectivity index is 1.56. The van der Waals surface area contributed by atoms with Gasteiger partial charge in [-0.15, -0.1) is 0 Å². The van der Waals surface area contributed by atoms with E-state index >= 15 is 0 Å². The van der Waals surface area contributed by atoms with Crippen LogP contribution >= 0.6 is 0 Å². The van der Waals surface area contributed by atoms with Gasteiger partial charge in [0.05, 0.1) is 18.5 Å². The van der Waals surface area contributed by atoms with Gasteiger partial charge in [-0.25, -0.2) is 9.97 Å². The van der Waals surface area contributed by atoms with Crippen molar-refractivity contribution in [2.24, 2.45) is 0 Å². The molecular weight excluding hydrogens is 424 g/mol. The van der Waals surface area contributed by atoms with Crippen molar-refractivity contribution in [2.75, 3.05) is 0 Å². The zero-order valence-electron chi connectivity index (χ0n) is 19.5. The van der Waals surface area contributed by atoms with Crippen molar-refractivity contribution in [3.63, 3.8) is 0 Å². The van der Waals surface area contributed by atoms with E-state index in [1.165, 1.54) is 0 Å². The molecule has 0 unspecified atom stereocenters. The normalized spacial score (nSPS) is 11.4. The smallest absolute Gasteiger partial charge is 0.307 e. The molecule has 0 bridgehead atoms. The first-order valence-corrected chi connectivity index (χ1v) is 11.5. The number of carbonyl (C=O) groups is 1. The summed E-state index contributed by atoms with van der Waals surface area (Å²) in [5, 5.41) is 10.4. The topological polar surface area (TPSA) is 80.9 Å². The lowest BCUT2D eigenvalue weighted by molar-refractivity contribution is -0.136. The fourth-order valence-electron chi connectivity index (χ4n) is 4.66. The quantitative estimate of drug-likeness (QED) is 0.369. The van der Waals surface area contributed by atoms with Gasteiger partial charge in [-0.05, 0) is 53.8 Å². The number of carboxylic acids is 1. The van der Waals surface area contributed by atoms with Gasteiger partial charge in [-0.2, -0.15) is 0 Å². The van der Waals surface area contributed by atoms with Crippen molar-refractivity contribution < 1.29 is 9.90 Å². The van der Waals surface area contributed by atoms with Crippen molar-refractivity contribution in [2.45, 2.75) is 40.2 Å². The number of nitrogens with zero attached hydrogens (tertiary/aromatic N) is 4. The Morgan fingerprint density at radius 3 is 2.53 bits per heavy atom. The summed E-state index contributed by atoms with van der Waals surface area (Å²) in [6.07, 6.45) is 2.44. The van der Waals surface area contributed by atoms with E-state index < -0.39 is 5.97 Å². The van der Waals surface area contributed by atoms with Crippen LogP contribution in [-0.4, -0.2) is 30.6 Å². The molecule has 5 rings (SSSR count). The Kier molecular flexibility index (Phi) is 5.57. The van der Waals surface area contributed by atoms with E-state index in [9.17, 15) is 9.90 Å². The van der Waals surface area contributed by atoms with Gasteiger partial charge in [0.15, 0.2) is 5.65 Å². The first-order chi connectivity index (χ1) is 16.4. The lowest BCUT2D eigenvalue weighted by Gasteiger charge is -2.13. The number of aromatic nitrogens is 4. The van der Waals surface area contributed by atoms with Gasteiger partial charge >= 0.3 is 5.97 Å². The summed E-state index contributed by atoms with van der Waals surface area (Å²) >= 11 is 0. The standard InChI is InChI=1S/C28H26N4O2/c1-4-24-31-27-17(2)13-18(3)30-28(27)32(24)16-19-9-11-20(12-10-19)26-21(14-25(33)34)15-29-23-8-6-5-7-22(23)26/h5-13,15H,4,14,16H2,1-3H3,(H,33,34). The summed E-state index contributed by atoms with van der Waals surface area (Å²) in [6, 6.07) is 18.3. The summed E-state index contributed by atoms with van der Waals surface area (Å²) in [5.74, 6) is 0.149. The fourth-order valence-corrected chi connectivity index (χ4v) is 4.66. The van der Waals surface area contributed by atoms with Gasteiger partial charge in [-0.1, -0.05) is 49.4 Å². The SMILES string of the molecule is CCc1nc2c(C)cc(C)nc2n1Cc1ccc(-c2c(CC(=O)O)cnc3ccccc23)cc1.